The van der Waals surface area contributed by atoms with Crippen LogP contribution in [0.2, 0.25) is 0 Å². The number of hydrogen-bond donors (Lipinski definition) is 1. The SMILES string of the molecule is O=[N+]([O-])C(OS(=O)O)c1ccccc1. The lowest BCUT2D eigenvalue weighted by atomic mass is 10.2. The van der Waals surface area contributed by atoms with Crippen molar-refractivity contribution in [2.45, 2.75) is 6.23 Å². The van der Waals surface area contributed by atoms with Gasteiger partial charge >= 0.3 is 17.6 Å². The van der Waals surface area contributed by atoms with Gasteiger partial charge in [0.2, 0.25) is 0 Å². The maximum absolute atomic E-state index is 10.5. The molecule has 0 saturated heterocycles. The average molecular weight is 217 g/mol. The van der Waals surface area contributed by atoms with Gasteiger partial charge < -0.3 is 0 Å². The molecule has 14 heavy (non-hydrogen) atoms. The van der Waals surface area contributed by atoms with Crippen molar-refractivity contribution in [2.24, 2.45) is 0 Å². The number of benzene rings is 1. The molecule has 0 bridgehead atoms. The molecule has 0 amide bonds. The van der Waals surface area contributed by atoms with Crippen LogP contribution in [0, 0.1) is 10.1 Å². The second-order valence-corrected chi connectivity index (χ2v) is 2.99. The van der Waals surface area contributed by atoms with E-state index in [9.17, 15) is 14.3 Å². The highest BCUT2D eigenvalue weighted by Gasteiger charge is 2.25. The Kier molecular flexibility index (Phi) is 3.69. The van der Waals surface area contributed by atoms with Crippen molar-refractivity contribution < 1.29 is 17.9 Å². The van der Waals surface area contributed by atoms with Crippen LogP contribution in [0.4, 0.5) is 0 Å². The van der Waals surface area contributed by atoms with E-state index in [-0.39, 0.29) is 5.56 Å². The van der Waals surface area contributed by atoms with E-state index in [1.54, 1.807) is 18.2 Å². The highest BCUT2D eigenvalue weighted by atomic mass is 32.2. The molecule has 6 nitrogen and oxygen atoms in total. The molecular weight excluding hydrogens is 210 g/mol. The van der Waals surface area contributed by atoms with Crippen LogP contribution >= 0.6 is 0 Å². The molecule has 1 N–H and O–H groups in total. The Labute approximate surface area is 82.1 Å². The predicted molar refractivity (Wildman–Crippen MR) is 48.0 cm³/mol. The molecule has 2 atom stereocenters. The lowest BCUT2D eigenvalue weighted by Gasteiger charge is -2.06. The Hall–Kier alpha value is -1.31. The zero-order chi connectivity index (χ0) is 10.6. The molecule has 1 rings (SSSR count). The molecule has 2 unspecified atom stereocenters. The van der Waals surface area contributed by atoms with Crippen LogP contribution in [0.15, 0.2) is 30.3 Å². The molecular formula is C7H7NO5S. The summed E-state index contributed by atoms with van der Waals surface area (Å²) >= 11 is -2.66. The molecule has 0 heterocycles. The summed E-state index contributed by atoms with van der Waals surface area (Å²) in [6.07, 6.45) is -1.61. The minimum Gasteiger partial charge on any atom is -0.284 e. The van der Waals surface area contributed by atoms with E-state index in [4.69, 9.17) is 4.55 Å². The third-order valence-corrected chi connectivity index (χ3v) is 1.80. The first-order valence-corrected chi connectivity index (χ1v) is 4.61. The third kappa shape index (κ3) is 2.87. The Morgan fingerprint density at radius 3 is 2.43 bits per heavy atom. The summed E-state index contributed by atoms with van der Waals surface area (Å²) in [5.74, 6) is 0. The van der Waals surface area contributed by atoms with Crippen molar-refractivity contribution in [1.29, 1.82) is 0 Å². The molecule has 0 aliphatic carbocycles. The van der Waals surface area contributed by atoms with Gasteiger partial charge in [-0.05, 0) is 12.1 Å². The van der Waals surface area contributed by atoms with Crippen molar-refractivity contribution in [2.75, 3.05) is 0 Å². The predicted octanol–water partition coefficient (Wildman–Crippen LogP) is 1.12. The van der Waals surface area contributed by atoms with Crippen LogP contribution in [-0.4, -0.2) is 13.7 Å². The van der Waals surface area contributed by atoms with Gasteiger partial charge in [-0.3, -0.25) is 14.7 Å². The van der Waals surface area contributed by atoms with Crippen LogP contribution in [0.5, 0.6) is 0 Å². The summed E-state index contributed by atoms with van der Waals surface area (Å²) in [7, 11) is 0. The van der Waals surface area contributed by atoms with Gasteiger partial charge in [-0.1, -0.05) is 18.2 Å². The maximum Gasteiger partial charge on any atom is 0.355 e. The Bertz CT molecular complexity index is 341. The van der Waals surface area contributed by atoms with E-state index in [0.717, 1.165) is 0 Å². The molecule has 76 valence electrons. The lowest BCUT2D eigenvalue weighted by molar-refractivity contribution is -0.570. The molecule has 0 aliphatic rings. The van der Waals surface area contributed by atoms with Gasteiger partial charge in [0.25, 0.3) is 0 Å². The zero-order valence-electron chi connectivity index (χ0n) is 6.90. The number of nitrogens with zero attached hydrogens (tertiary/aromatic N) is 1. The van der Waals surface area contributed by atoms with Crippen LogP contribution in [-0.2, 0) is 15.5 Å². The summed E-state index contributed by atoms with van der Waals surface area (Å²) in [5.41, 5.74) is 0.222. The summed E-state index contributed by atoms with van der Waals surface area (Å²) < 4.78 is 22.9. The Balaban J connectivity index is 2.89. The highest BCUT2D eigenvalue weighted by molar-refractivity contribution is 7.74. The van der Waals surface area contributed by atoms with Crippen molar-refractivity contribution in [3.05, 3.63) is 46.0 Å². The van der Waals surface area contributed by atoms with Gasteiger partial charge in [0.15, 0.2) is 0 Å². The topological polar surface area (TPSA) is 89.7 Å². The van der Waals surface area contributed by atoms with Gasteiger partial charge in [-0.25, -0.2) is 0 Å². The van der Waals surface area contributed by atoms with E-state index < -0.39 is 22.5 Å². The molecule has 0 radical (unpaired) electrons. The van der Waals surface area contributed by atoms with Gasteiger partial charge in [-0.2, -0.15) is 8.39 Å². The fourth-order valence-corrected chi connectivity index (χ4v) is 1.25. The van der Waals surface area contributed by atoms with E-state index in [1.807, 2.05) is 0 Å². The summed E-state index contributed by atoms with van der Waals surface area (Å²) in [4.78, 5) is 9.70. The Morgan fingerprint density at radius 2 is 2.00 bits per heavy atom. The average Bonchev–Trinajstić information content (AvgIpc) is 2.15. The summed E-state index contributed by atoms with van der Waals surface area (Å²) in [6.45, 7) is 0. The molecule has 0 aromatic heterocycles. The molecule has 0 spiro atoms. The van der Waals surface area contributed by atoms with Crippen molar-refractivity contribution in [3.8, 4) is 0 Å². The highest BCUT2D eigenvalue weighted by Crippen LogP contribution is 2.17. The van der Waals surface area contributed by atoms with Crippen LogP contribution < -0.4 is 0 Å². The fourth-order valence-electron chi connectivity index (χ4n) is 0.908. The van der Waals surface area contributed by atoms with Crippen LogP contribution in [0.3, 0.4) is 0 Å². The molecule has 1 aromatic rings. The first-order valence-electron chi connectivity index (χ1n) is 3.57. The minimum absolute atomic E-state index is 0.222. The van der Waals surface area contributed by atoms with E-state index >= 15 is 0 Å². The standard InChI is InChI=1S/C7H7NO5S/c9-8(10)7(13-14(11)12)6-4-2-1-3-5-6/h1-5,7H,(H,11,12). The number of rotatable bonds is 4. The number of hydrogen-bond acceptors (Lipinski definition) is 4. The van der Waals surface area contributed by atoms with Crippen molar-refractivity contribution >= 4 is 11.4 Å². The van der Waals surface area contributed by atoms with E-state index in [0.29, 0.717) is 0 Å². The normalized spacial score (nSPS) is 14.6. The second kappa shape index (κ2) is 4.80. The fraction of sp³-hybridized carbons (Fsp3) is 0.143. The first-order chi connectivity index (χ1) is 6.61. The van der Waals surface area contributed by atoms with Crippen molar-refractivity contribution in [1.82, 2.24) is 0 Å². The summed E-state index contributed by atoms with van der Waals surface area (Å²) in [5, 5.41) is 10.5. The quantitative estimate of drug-likeness (QED) is 0.353. The van der Waals surface area contributed by atoms with Crippen molar-refractivity contribution in [3.63, 3.8) is 0 Å². The van der Waals surface area contributed by atoms with E-state index in [1.165, 1.54) is 12.1 Å². The van der Waals surface area contributed by atoms with Crippen LogP contribution in [0.1, 0.15) is 11.8 Å². The van der Waals surface area contributed by atoms with E-state index in [2.05, 4.69) is 4.18 Å². The van der Waals surface area contributed by atoms with Gasteiger partial charge in [0.05, 0.1) is 10.5 Å². The lowest BCUT2D eigenvalue weighted by Crippen LogP contribution is -2.15. The maximum atomic E-state index is 10.5. The molecule has 1 aromatic carbocycles. The monoisotopic (exact) mass is 217 g/mol. The zero-order valence-corrected chi connectivity index (χ0v) is 7.72. The summed E-state index contributed by atoms with van der Waals surface area (Å²) in [6, 6.07) is 7.72. The Morgan fingerprint density at radius 1 is 1.43 bits per heavy atom. The first kappa shape index (κ1) is 10.8. The number of nitro groups is 1. The second-order valence-electron chi connectivity index (χ2n) is 2.36. The molecule has 0 fully saturated rings. The largest absolute Gasteiger partial charge is 0.355 e. The van der Waals surface area contributed by atoms with Gasteiger partial charge in [0.1, 0.15) is 0 Å². The van der Waals surface area contributed by atoms with Gasteiger partial charge in [0, 0.05) is 0 Å². The minimum atomic E-state index is -2.66. The third-order valence-electron chi connectivity index (χ3n) is 1.45. The molecule has 0 saturated carbocycles. The molecule has 7 heteroatoms. The van der Waals surface area contributed by atoms with Gasteiger partial charge in [-0.15, -0.1) is 0 Å². The smallest absolute Gasteiger partial charge is 0.284 e. The van der Waals surface area contributed by atoms with Crippen LogP contribution in [0.25, 0.3) is 0 Å². The molecule has 0 aliphatic heterocycles.